The van der Waals surface area contributed by atoms with Gasteiger partial charge >= 0.3 is 0 Å². The molecule has 4 heterocycles. The summed E-state index contributed by atoms with van der Waals surface area (Å²) in [5.74, 6) is 0.563. The highest BCUT2D eigenvalue weighted by atomic mass is 16.2. The quantitative estimate of drug-likeness (QED) is 0.393. The van der Waals surface area contributed by atoms with Gasteiger partial charge in [0.1, 0.15) is 6.54 Å². The molecule has 1 amide bonds. The van der Waals surface area contributed by atoms with E-state index in [-0.39, 0.29) is 18.0 Å². The molecule has 0 unspecified atom stereocenters. The predicted octanol–water partition coefficient (Wildman–Crippen LogP) is 4.35. The minimum atomic E-state index is -0.0692. The summed E-state index contributed by atoms with van der Waals surface area (Å²) in [6, 6.07) is 25.9. The van der Waals surface area contributed by atoms with Crippen molar-refractivity contribution in [1.82, 2.24) is 24.0 Å². The topological polar surface area (TPSA) is 73.8 Å². The smallest absolute Gasteiger partial charge is 0.261 e. The summed E-state index contributed by atoms with van der Waals surface area (Å²) >= 11 is 0. The molecular weight excluding hydrogens is 462 g/mol. The molecule has 0 fully saturated rings. The third-order valence-corrected chi connectivity index (χ3v) is 7.39. The molecule has 7 nitrogen and oxygen atoms in total. The summed E-state index contributed by atoms with van der Waals surface area (Å²) in [6.07, 6.45) is 2.77. The SMILES string of the molecule is O=C(Cn1c2c(c3ccccc31)CCn1c-2nc2ccccc2c1=O)NCCn1ccc2ccccc21. The van der Waals surface area contributed by atoms with E-state index in [2.05, 4.69) is 40.3 Å². The monoisotopic (exact) mass is 487 g/mol. The second-order valence-electron chi connectivity index (χ2n) is 9.51. The number of fused-ring (bicyclic) bond motifs is 7. The van der Waals surface area contributed by atoms with Gasteiger partial charge in [0.25, 0.3) is 5.56 Å². The maximum absolute atomic E-state index is 13.3. The van der Waals surface area contributed by atoms with Crippen LogP contribution in [0.1, 0.15) is 5.56 Å². The van der Waals surface area contributed by atoms with E-state index in [4.69, 9.17) is 4.98 Å². The van der Waals surface area contributed by atoms with Gasteiger partial charge in [-0.05, 0) is 47.7 Å². The number of carbonyl (C=O) groups is 1. The van der Waals surface area contributed by atoms with Crippen LogP contribution in [0.2, 0.25) is 0 Å². The normalized spacial score (nSPS) is 12.6. The fourth-order valence-corrected chi connectivity index (χ4v) is 5.68. The van der Waals surface area contributed by atoms with E-state index in [1.54, 1.807) is 4.57 Å². The van der Waals surface area contributed by atoms with Gasteiger partial charge in [0, 0.05) is 42.3 Å². The van der Waals surface area contributed by atoms with Gasteiger partial charge in [-0.2, -0.15) is 0 Å². The molecule has 0 saturated carbocycles. The van der Waals surface area contributed by atoms with Crippen molar-refractivity contribution in [2.75, 3.05) is 6.54 Å². The minimum Gasteiger partial charge on any atom is -0.353 e. The van der Waals surface area contributed by atoms with Crippen molar-refractivity contribution in [3.8, 4) is 11.5 Å². The molecule has 1 aliphatic rings. The van der Waals surface area contributed by atoms with Crippen LogP contribution in [0, 0.1) is 0 Å². The van der Waals surface area contributed by atoms with Crippen LogP contribution < -0.4 is 10.9 Å². The zero-order chi connectivity index (χ0) is 24.9. The summed E-state index contributed by atoms with van der Waals surface area (Å²) in [5.41, 5.74) is 4.78. The highest BCUT2D eigenvalue weighted by molar-refractivity contribution is 5.94. The number of para-hydroxylation sites is 3. The lowest BCUT2D eigenvalue weighted by Crippen LogP contribution is -2.32. The molecular formula is C30H25N5O2. The Morgan fingerprint density at radius 2 is 1.65 bits per heavy atom. The van der Waals surface area contributed by atoms with Gasteiger partial charge in [-0.25, -0.2) is 4.98 Å². The highest BCUT2D eigenvalue weighted by Crippen LogP contribution is 2.36. The number of carbonyl (C=O) groups excluding carboxylic acids is 1. The van der Waals surface area contributed by atoms with Crippen LogP contribution in [0.4, 0.5) is 0 Å². The number of nitrogens with zero attached hydrogens (tertiary/aromatic N) is 4. The Bertz CT molecular complexity index is 1890. The zero-order valence-electron chi connectivity index (χ0n) is 20.2. The first-order chi connectivity index (χ1) is 18.2. The first kappa shape index (κ1) is 21.6. The van der Waals surface area contributed by atoms with Crippen LogP contribution in [0.25, 0.3) is 44.2 Å². The van der Waals surface area contributed by atoms with E-state index in [1.165, 1.54) is 5.39 Å². The molecule has 182 valence electrons. The number of aromatic nitrogens is 4. The molecule has 6 aromatic rings. The molecule has 3 aromatic heterocycles. The van der Waals surface area contributed by atoms with Crippen molar-refractivity contribution >= 4 is 38.6 Å². The first-order valence-corrected chi connectivity index (χ1v) is 12.6. The van der Waals surface area contributed by atoms with Crippen molar-refractivity contribution in [3.05, 3.63) is 101 Å². The number of amides is 1. The molecule has 0 saturated heterocycles. The van der Waals surface area contributed by atoms with Gasteiger partial charge in [0.2, 0.25) is 5.91 Å². The van der Waals surface area contributed by atoms with Crippen LogP contribution in [0.15, 0.2) is 89.9 Å². The van der Waals surface area contributed by atoms with Crippen LogP contribution >= 0.6 is 0 Å². The van der Waals surface area contributed by atoms with Crippen molar-refractivity contribution in [3.63, 3.8) is 0 Å². The molecule has 7 heteroatoms. The summed E-state index contributed by atoms with van der Waals surface area (Å²) in [4.78, 5) is 31.4. The van der Waals surface area contributed by atoms with Gasteiger partial charge in [-0.1, -0.05) is 48.5 Å². The van der Waals surface area contributed by atoms with E-state index >= 15 is 0 Å². The number of nitrogens with one attached hydrogen (secondary N) is 1. The minimum absolute atomic E-state index is 0.0357. The first-order valence-electron chi connectivity index (χ1n) is 12.6. The lowest BCUT2D eigenvalue weighted by Gasteiger charge is -2.21. The number of hydrogen-bond donors (Lipinski definition) is 1. The van der Waals surface area contributed by atoms with Crippen LogP contribution in [0.3, 0.4) is 0 Å². The Hall–Kier alpha value is -4.65. The Kier molecular flexibility index (Phi) is 4.96. The largest absolute Gasteiger partial charge is 0.353 e. The molecule has 1 N–H and O–H groups in total. The van der Waals surface area contributed by atoms with E-state index in [9.17, 15) is 9.59 Å². The van der Waals surface area contributed by atoms with Crippen molar-refractivity contribution in [2.45, 2.75) is 26.1 Å². The molecule has 0 bridgehead atoms. The average molecular weight is 488 g/mol. The third-order valence-electron chi connectivity index (χ3n) is 7.39. The maximum atomic E-state index is 13.3. The fourth-order valence-electron chi connectivity index (χ4n) is 5.68. The molecule has 0 radical (unpaired) electrons. The van der Waals surface area contributed by atoms with Crippen molar-refractivity contribution in [1.29, 1.82) is 0 Å². The van der Waals surface area contributed by atoms with Gasteiger partial charge < -0.3 is 14.5 Å². The van der Waals surface area contributed by atoms with E-state index in [0.717, 1.165) is 34.1 Å². The Morgan fingerprint density at radius 1 is 0.892 bits per heavy atom. The predicted molar refractivity (Wildman–Crippen MR) is 146 cm³/mol. The second-order valence-corrected chi connectivity index (χ2v) is 9.51. The molecule has 0 spiro atoms. The summed E-state index contributed by atoms with van der Waals surface area (Å²) < 4.78 is 5.94. The van der Waals surface area contributed by atoms with Crippen LogP contribution in [-0.4, -0.2) is 31.1 Å². The Labute approximate surface area is 212 Å². The van der Waals surface area contributed by atoms with Gasteiger partial charge in [0.05, 0.1) is 16.6 Å². The van der Waals surface area contributed by atoms with Gasteiger partial charge in [-0.3, -0.25) is 14.2 Å². The number of benzene rings is 3. The lowest BCUT2D eigenvalue weighted by atomic mass is 10.0. The molecule has 0 atom stereocenters. The third kappa shape index (κ3) is 3.46. The Morgan fingerprint density at radius 3 is 2.54 bits per heavy atom. The average Bonchev–Trinajstić information content (AvgIpc) is 3.48. The standard InChI is InChI=1S/C30H25N5O2/c36-27(31-15-18-33-16-13-20-7-1-5-11-25(20)33)19-35-26-12-6-3-8-21(26)22-14-17-34-29(28(22)35)32-24-10-4-2-9-23(24)30(34)37/h1-13,16H,14-15,17-19H2,(H,31,36). The van der Waals surface area contributed by atoms with E-state index in [0.29, 0.717) is 36.4 Å². The van der Waals surface area contributed by atoms with Crippen molar-refractivity contribution < 1.29 is 4.79 Å². The van der Waals surface area contributed by atoms with Crippen molar-refractivity contribution in [2.24, 2.45) is 0 Å². The van der Waals surface area contributed by atoms with Crippen LogP contribution in [0.5, 0.6) is 0 Å². The number of hydrogen-bond acceptors (Lipinski definition) is 3. The number of aryl methyl sites for hydroxylation is 1. The van der Waals surface area contributed by atoms with E-state index < -0.39 is 0 Å². The van der Waals surface area contributed by atoms with Gasteiger partial charge in [0.15, 0.2) is 5.82 Å². The second kappa shape index (κ2) is 8.48. The van der Waals surface area contributed by atoms with Crippen LogP contribution in [-0.2, 0) is 30.8 Å². The number of rotatable bonds is 5. The van der Waals surface area contributed by atoms with Gasteiger partial charge in [-0.15, -0.1) is 0 Å². The fraction of sp³-hybridized carbons (Fsp3) is 0.167. The summed E-state index contributed by atoms with van der Waals surface area (Å²) in [5, 5.41) is 6.01. The molecule has 0 aliphatic carbocycles. The molecule has 1 aliphatic heterocycles. The molecule has 37 heavy (non-hydrogen) atoms. The summed E-state index contributed by atoms with van der Waals surface area (Å²) in [7, 11) is 0. The molecule has 7 rings (SSSR count). The summed E-state index contributed by atoms with van der Waals surface area (Å²) in [6.45, 7) is 1.95. The highest BCUT2D eigenvalue weighted by Gasteiger charge is 2.27. The lowest BCUT2D eigenvalue weighted by molar-refractivity contribution is -0.121. The molecule has 3 aromatic carbocycles. The zero-order valence-corrected chi connectivity index (χ0v) is 20.2. The van der Waals surface area contributed by atoms with E-state index in [1.807, 2.05) is 59.2 Å². The maximum Gasteiger partial charge on any atom is 0.261 e. The Balaban J connectivity index is 1.23.